The van der Waals surface area contributed by atoms with Gasteiger partial charge < -0.3 is 15.2 Å². The molecule has 1 saturated heterocycles. The van der Waals surface area contributed by atoms with Crippen LogP contribution in [-0.2, 0) is 4.74 Å². The van der Waals surface area contributed by atoms with Gasteiger partial charge in [-0.05, 0) is 19.8 Å². The molecule has 0 unspecified atom stereocenters. The van der Waals surface area contributed by atoms with Crippen molar-refractivity contribution in [2.24, 2.45) is 5.41 Å². The number of nitrogens with one attached hydrogen (secondary N) is 1. The number of hydrogen-bond donors (Lipinski definition) is 2. The summed E-state index contributed by atoms with van der Waals surface area (Å²) in [6.45, 7) is 4.24. The maximum absolute atomic E-state index is 9.75. The van der Waals surface area contributed by atoms with E-state index in [9.17, 15) is 5.11 Å². The van der Waals surface area contributed by atoms with Crippen molar-refractivity contribution >= 4 is 16.6 Å². The van der Waals surface area contributed by atoms with Gasteiger partial charge in [-0.25, -0.2) is 0 Å². The van der Waals surface area contributed by atoms with Crippen molar-refractivity contribution in [1.29, 1.82) is 0 Å². The molecule has 0 atom stereocenters. The third-order valence-electron chi connectivity index (χ3n) is 4.39. The fraction of sp³-hybridized carbons (Fsp3) is 0.500. The molecule has 0 saturated carbocycles. The molecule has 0 bridgehead atoms. The minimum atomic E-state index is -0.119. The average Bonchev–Trinajstić information content (AvgIpc) is 2.55. The number of aryl methyl sites for hydroxylation is 1. The molecular formula is C16H21N3O2. The molecule has 0 aliphatic carbocycles. The summed E-state index contributed by atoms with van der Waals surface area (Å²) in [7, 11) is 0. The fourth-order valence-corrected chi connectivity index (χ4v) is 2.83. The van der Waals surface area contributed by atoms with Crippen LogP contribution in [0.5, 0.6) is 0 Å². The fourth-order valence-electron chi connectivity index (χ4n) is 2.83. The molecule has 1 fully saturated rings. The molecule has 2 aromatic rings. The summed E-state index contributed by atoms with van der Waals surface area (Å²) in [6.07, 6.45) is 1.74. The van der Waals surface area contributed by atoms with E-state index < -0.39 is 0 Å². The summed E-state index contributed by atoms with van der Waals surface area (Å²) in [6, 6.07) is 8.12. The van der Waals surface area contributed by atoms with Gasteiger partial charge in [-0.3, -0.25) is 0 Å². The van der Waals surface area contributed by atoms with Gasteiger partial charge in [-0.2, -0.15) is 5.10 Å². The number of aromatic nitrogens is 2. The van der Waals surface area contributed by atoms with Crippen LogP contribution < -0.4 is 5.32 Å². The van der Waals surface area contributed by atoms with Gasteiger partial charge in [0.05, 0.1) is 12.3 Å². The van der Waals surface area contributed by atoms with Crippen molar-refractivity contribution in [2.45, 2.75) is 19.8 Å². The van der Waals surface area contributed by atoms with E-state index in [2.05, 4.69) is 27.6 Å². The predicted octanol–water partition coefficient (Wildman–Crippen LogP) is 2.14. The molecule has 1 aromatic carbocycles. The highest BCUT2D eigenvalue weighted by molar-refractivity contribution is 5.92. The largest absolute Gasteiger partial charge is 0.396 e. The number of anilines is 1. The van der Waals surface area contributed by atoms with Crippen LogP contribution in [-0.4, -0.2) is 41.7 Å². The smallest absolute Gasteiger partial charge is 0.156 e. The average molecular weight is 287 g/mol. The third-order valence-corrected chi connectivity index (χ3v) is 4.39. The van der Waals surface area contributed by atoms with Crippen LogP contribution in [0, 0.1) is 12.3 Å². The molecule has 2 N–H and O–H groups in total. The van der Waals surface area contributed by atoms with Crippen molar-refractivity contribution in [3.05, 3.63) is 30.0 Å². The molecule has 0 spiro atoms. The number of aliphatic hydroxyl groups excluding tert-OH is 1. The second kappa shape index (κ2) is 5.95. The van der Waals surface area contributed by atoms with E-state index in [0.29, 0.717) is 19.8 Å². The Morgan fingerprint density at radius 2 is 1.90 bits per heavy atom. The van der Waals surface area contributed by atoms with E-state index in [0.717, 1.165) is 35.1 Å². The van der Waals surface area contributed by atoms with Crippen LogP contribution in [0.25, 0.3) is 10.8 Å². The zero-order valence-electron chi connectivity index (χ0n) is 12.3. The molecular weight excluding hydrogens is 266 g/mol. The van der Waals surface area contributed by atoms with Crippen LogP contribution in [0.3, 0.4) is 0 Å². The molecule has 5 heteroatoms. The Balaban J connectivity index is 1.83. The lowest BCUT2D eigenvalue weighted by Gasteiger charge is -2.35. The number of fused-ring (bicyclic) bond motifs is 1. The van der Waals surface area contributed by atoms with Gasteiger partial charge in [0.2, 0.25) is 0 Å². The first-order chi connectivity index (χ1) is 10.2. The van der Waals surface area contributed by atoms with E-state index >= 15 is 0 Å². The number of rotatable bonds is 4. The molecule has 3 rings (SSSR count). The summed E-state index contributed by atoms with van der Waals surface area (Å²) in [5.41, 5.74) is 0.811. The lowest BCUT2D eigenvalue weighted by atomic mass is 9.81. The summed E-state index contributed by atoms with van der Waals surface area (Å²) in [4.78, 5) is 0. The maximum atomic E-state index is 9.75. The number of benzene rings is 1. The minimum absolute atomic E-state index is 0.119. The number of ether oxygens (including phenoxy) is 1. The molecule has 1 aliphatic heterocycles. The van der Waals surface area contributed by atoms with Gasteiger partial charge in [-0.1, -0.05) is 24.3 Å². The Hall–Kier alpha value is -1.72. The van der Waals surface area contributed by atoms with Crippen molar-refractivity contribution in [3.8, 4) is 0 Å². The third kappa shape index (κ3) is 2.84. The standard InChI is InChI=1S/C16H21N3O2/c1-12-13-4-2-3-5-14(13)15(19-18-12)17-10-16(11-20)6-8-21-9-7-16/h2-5,20H,6-11H2,1H3,(H,17,19). The van der Waals surface area contributed by atoms with Gasteiger partial charge in [0.15, 0.2) is 5.82 Å². The zero-order chi connectivity index (χ0) is 14.7. The molecule has 112 valence electrons. The summed E-state index contributed by atoms with van der Waals surface area (Å²) >= 11 is 0. The van der Waals surface area contributed by atoms with Crippen molar-refractivity contribution in [1.82, 2.24) is 10.2 Å². The summed E-state index contributed by atoms with van der Waals surface area (Å²) in [5.74, 6) is 0.788. The highest BCUT2D eigenvalue weighted by atomic mass is 16.5. The SMILES string of the molecule is Cc1nnc(NCC2(CO)CCOCC2)c2ccccc12. The number of nitrogens with zero attached hydrogens (tertiary/aromatic N) is 2. The summed E-state index contributed by atoms with van der Waals surface area (Å²) in [5, 5.41) is 23.8. The topological polar surface area (TPSA) is 67.3 Å². The van der Waals surface area contributed by atoms with Crippen LogP contribution in [0.1, 0.15) is 18.5 Å². The van der Waals surface area contributed by atoms with E-state index in [4.69, 9.17) is 4.74 Å². The minimum Gasteiger partial charge on any atom is -0.396 e. The maximum Gasteiger partial charge on any atom is 0.156 e. The molecule has 1 aliphatic rings. The Morgan fingerprint density at radius 3 is 2.62 bits per heavy atom. The number of hydrogen-bond acceptors (Lipinski definition) is 5. The van der Waals surface area contributed by atoms with E-state index in [-0.39, 0.29) is 12.0 Å². The van der Waals surface area contributed by atoms with E-state index in [1.54, 1.807) is 0 Å². The molecule has 0 radical (unpaired) electrons. The monoisotopic (exact) mass is 287 g/mol. The Morgan fingerprint density at radius 1 is 1.19 bits per heavy atom. The zero-order valence-corrected chi connectivity index (χ0v) is 12.3. The van der Waals surface area contributed by atoms with Crippen molar-refractivity contribution < 1.29 is 9.84 Å². The Labute approximate surface area is 124 Å². The Bertz CT molecular complexity index is 624. The lowest BCUT2D eigenvalue weighted by molar-refractivity contribution is -0.00861. The van der Waals surface area contributed by atoms with Crippen LogP contribution in [0.15, 0.2) is 24.3 Å². The number of aliphatic hydroxyl groups is 1. The van der Waals surface area contributed by atoms with Gasteiger partial charge >= 0.3 is 0 Å². The van der Waals surface area contributed by atoms with E-state index in [1.807, 2.05) is 19.1 Å². The van der Waals surface area contributed by atoms with Crippen molar-refractivity contribution in [2.75, 3.05) is 31.7 Å². The molecule has 2 heterocycles. The van der Waals surface area contributed by atoms with Gasteiger partial charge in [0.1, 0.15) is 0 Å². The van der Waals surface area contributed by atoms with E-state index in [1.165, 1.54) is 0 Å². The highest BCUT2D eigenvalue weighted by Gasteiger charge is 2.32. The normalized spacial score (nSPS) is 17.8. The lowest BCUT2D eigenvalue weighted by Crippen LogP contribution is -2.39. The predicted molar refractivity (Wildman–Crippen MR) is 82.3 cm³/mol. The molecule has 5 nitrogen and oxygen atoms in total. The second-order valence-corrected chi connectivity index (χ2v) is 5.80. The van der Waals surface area contributed by atoms with Crippen LogP contribution in [0.4, 0.5) is 5.82 Å². The molecule has 0 amide bonds. The van der Waals surface area contributed by atoms with Crippen LogP contribution in [0.2, 0.25) is 0 Å². The van der Waals surface area contributed by atoms with Gasteiger partial charge in [0, 0.05) is 35.9 Å². The Kier molecular flexibility index (Phi) is 4.03. The summed E-state index contributed by atoms with van der Waals surface area (Å²) < 4.78 is 5.40. The quantitative estimate of drug-likeness (QED) is 0.902. The second-order valence-electron chi connectivity index (χ2n) is 5.80. The van der Waals surface area contributed by atoms with Crippen molar-refractivity contribution in [3.63, 3.8) is 0 Å². The van der Waals surface area contributed by atoms with Crippen LogP contribution >= 0.6 is 0 Å². The first-order valence-electron chi connectivity index (χ1n) is 7.39. The highest BCUT2D eigenvalue weighted by Crippen LogP contribution is 2.31. The molecule has 21 heavy (non-hydrogen) atoms. The first-order valence-corrected chi connectivity index (χ1v) is 7.39. The molecule has 1 aromatic heterocycles. The van der Waals surface area contributed by atoms with Gasteiger partial charge in [0.25, 0.3) is 0 Å². The first kappa shape index (κ1) is 14.2. The van der Waals surface area contributed by atoms with Gasteiger partial charge in [-0.15, -0.1) is 5.10 Å².